The largest absolute Gasteiger partial charge is 0.473 e. The molecule has 0 aliphatic carbocycles. The highest BCUT2D eigenvalue weighted by Gasteiger charge is 2.32. The second kappa shape index (κ2) is 10.3. The van der Waals surface area contributed by atoms with Gasteiger partial charge < -0.3 is 29.9 Å². The van der Waals surface area contributed by atoms with E-state index in [1.165, 1.54) is 12.0 Å². The minimum atomic E-state index is -1.82. The Morgan fingerprint density at radius 2 is 1.69 bits per heavy atom. The predicted octanol–water partition coefficient (Wildman–Crippen LogP) is -1.15. The Kier molecular flexibility index (Phi) is 9.27. The standard InChI is InChI=1S/C13H22N2O5.C2H2O4/c1-13(2,3)20-11(17)8-15-6-5-14-9(12(15)18)7-10(16)19-4;3-1(4)2(5)6/h9,14H,5-8H2,1-4H3;(H,3,4)(H,5,6)/t9-;/m0./s1. The van der Waals surface area contributed by atoms with Crippen molar-refractivity contribution in [3.63, 3.8) is 0 Å². The van der Waals surface area contributed by atoms with Crippen LogP contribution in [-0.2, 0) is 33.4 Å². The number of methoxy groups -OCH3 is 1. The van der Waals surface area contributed by atoms with Gasteiger partial charge in [-0.25, -0.2) is 9.59 Å². The van der Waals surface area contributed by atoms with Crippen LogP contribution >= 0.6 is 0 Å². The highest BCUT2D eigenvalue weighted by atomic mass is 16.6. The minimum Gasteiger partial charge on any atom is -0.473 e. The van der Waals surface area contributed by atoms with E-state index in [0.717, 1.165) is 0 Å². The number of hydrogen-bond acceptors (Lipinski definition) is 8. The van der Waals surface area contributed by atoms with E-state index in [1.54, 1.807) is 20.8 Å². The molecule has 0 radical (unpaired) electrons. The molecule has 0 spiro atoms. The van der Waals surface area contributed by atoms with Crippen LogP contribution in [-0.4, -0.2) is 83.3 Å². The van der Waals surface area contributed by atoms with E-state index in [9.17, 15) is 14.4 Å². The maximum Gasteiger partial charge on any atom is 0.414 e. The summed E-state index contributed by atoms with van der Waals surface area (Å²) in [7, 11) is 1.27. The first-order valence-electron chi connectivity index (χ1n) is 7.64. The molecule has 1 heterocycles. The maximum atomic E-state index is 12.1. The number of carboxylic acids is 2. The van der Waals surface area contributed by atoms with Gasteiger partial charge in [0.1, 0.15) is 12.1 Å². The average Bonchev–Trinajstić information content (AvgIpc) is 2.49. The van der Waals surface area contributed by atoms with Gasteiger partial charge in [0.2, 0.25) is 5.91 Å². The van der Waals surface area contributed by atoms with Crippen LogP contribution < -0.4 is 5.32 Å². The fourth-order valence-electron chi connectivity index (χ4n) is 1.89. The van der Waals surface area contributed by atoms with Crippen LogP contribution in [0.25, 0.3) is 0 Å². The Labute approximate surface area is 150 Å². The summed E-state index contributed by atoms with van der Waals surface area (Å²) < 4.78 is 9.72. The molecule has 1 fully saturated rings. The van der Waals surface area contributed by atoms with Crippen molar-refractivity contribution in [3.05, 3.63) is 0 Å². The molecule has 0 unspecified atom stereocenters. The van der Waals surface area contributed by atoms with Crippen LogP contribution in [0.1, 0.15) is 27.2 Å². The number of carbonyl (C=O) groups excluding carboxylic acids is 3. The number of carbonyl (C=O) groups is 5. The molecule has 1 saturated heterocycles. The summed E-state index contributed by atoms with van der Waals surface area (Å²) in [4.78, 5) is 54.7. The zero-order chi connectivity index (χ0) is 20.5. The molecule has 1 rings (SSSR count). The van der Waals surface area contributed by atoms with Crippen molar-refractivity contribution < 1.29 is 43.7 Å². The van der Waals surface area contributed by atoms with Gasteiger partial charge in [-0.05, 0) is 20.8 Å². The third-order valence-corrected chi connectivity index (χ3v) is 2.90. The van der Waals surface area contributed by atoms with Crippen LogP contribution in [0.15, 0.2) is 0 Å². The Morgan fingerprint density at radius 1 is 1.15 bits per heavy atom. The fraction of sp³-hybridized carbons (Fsp3) is 0.667. The smallest absolute Gasteiger partial charge is 0.414 e. The quantitative estimate of drug-likeness (QED) is 0.404. The number of carboxylic acid groups (broad SMARTS) is 2. The zero-order valence-corrected chi connectivity index (χ0v) is 15.1. The molecule has 0 saturated carbocycles. The Balaban J connectivity index is 0.000000896. The molecule has 148 valence electrons. The molecular formula is C15H24N2O9. The number of amides is 1. The van der Waals surface area contributed by atoms with Crippen LogP contribution in [0.2, 0.25) is 0 Å². The van der Waals surface area contributed by atoms with Crippen molar-refractivity contribution in [3.8, 4) is 0 Å². The molecule has 1 aliphatic rings. The van der Waals surface area contributed by atoms with Crippen molar-refractivity contribution in [1.29, 1.82) is 0 Å². The molecule has 0 aromatic carbocycles. The molecule has 26 heavy (non-hydrogen) atoms. The number of aliphatic carboxylic acids is 2. The highest BCUT2D eigenvalue weighted by Crippen LogP contribution is 2.10. The molecule has 11 nitrogen and oxygen atoms in total. The number of nitrogens with zero attached hydrogens (tertiary/aromatic N) is 1. The van der Waals surface area contributed by atoms with E-state index in [2.05, 4.69) is 10.1 Å². The third-order valence-electron chi connectivity index (χ3n) is 2.90. The van der Waals surface area contributed by atoms with E-state index in [-0.39, 0.29) is 18.9 Å². The summed E-state index contributed by atoms with van der Waals surface area (Å²) >= 11 is 0. The molecule has 11 heteroatoms. The Bertz CT molecular complexity index is 542. The first-order valence-corrected chi connectivity index (χ1v) is 7.64. The Morgan fingerprint density at radius 3 is 2.12 bits per heavy atom. The molecule has 0 aromatic rings. The average molecular weight is 376 g/mol. The monoisotopic (exact) mass is 376 g/mol. The molecule has 3 N–H and O–H groups in total. The summed E-state index contributed by atoms with van der Waals surface area (Å²) in [6.07, 6.45) is -0.0415. The van der Waals surface area contributed by atoms with Gasteiger partial charge >= 0.3 is 23.9 Å². The van der Waals surface area contributed by atoms with Gasteiger partial charge in [-0.3, -0.25) is 14.4 Å². The van der Waals surface area contributed by atoms with Gasteiger partial charge in [-0.2, -0.15) is 0 Å². The van der Waals surface area contributed by atoms with Crippen LogP contribution in [0, 0.1) is 0 Å². The lowest BCUT2D eigenvalue weighted by atomic mass is 10.1. The van der Waals surface area contributed by atoms with Crippen LogP contribution in [0.5, 0.6) is 0 Å². The second-order valence-electron chi connectivity index (χ2n) is 6.24. The lowest BCUT2D eigenvalue weighted by Crippen LogP contribution is -2.57. The summed E-state index contributed by atoms with van der Waals surface area (Å²) in [6.45, 7) is 6.14. The lowest BCUT2D eigenvalue weighted by molar-refractivity contribution is -0.160. The van der Waals surface area contributed by atoms with Crippen molar-refractivity contribution in [2.24, 2.45) is 0 Å². The number of ether oxygens (including phenoxy) is 2. The van der Waals surface area contributed by atoms with Gasteiger partial charge in [-0.1, -0.05) is 0 Å². The van der Waals surface area contributed by atoms with E-state index in [0.29, 0.717) is 13.1 Å². The first kappa shape index (κ1) is 23.3. The van der Waals surface area contributed by atoms with E-state index in [1.807, 2.05) is 0 Å². The topological polar surface area (TPSA) is 160 Å². The predicted molar refractivity (Wildman–Crippen MR) is 86.1 cm³/mol. The fourth-order valence-corrected chi connectivity index (χ4v) is 1.89. The summed E-state index contributed by atoms with van der Waals surface area (Å²) in [6, 6.07) is -0.640. The van der Waals surface area contributed by atoms with Gasteiger partial charge in [0.25, 0.3) is 0 Å². The third kappa shape index (κ3) is 9.57. The van der Waals surface area contributed by atoms with Gasteiger partial charge in [0.05, 0.1) is 19.6 Å². The highest BCUT2D eigenvalue weighted by molar-refractivity contribution is 6.27. The van der Waals surface area contributed by atoms with E-state index in [4.69, 9.17) is 24.5 Å². The van der Waals surface area contributed by atoms with Crippen molar-refractivity contribution in [2.75, 3.05) is 26.7 Å². The van der Waals surface area contributed by atoms with E-state index < -0.39 is 35.5 Å². The molecule has 0 bridgehead atoms. The van der Waals surface area contributed by atoms with Gasteiger partial charge in [-0.15, -0.1) is 0 Å². The maximum absolute atomic E-state index is 12.1. The second-order valence-corrected chi connectivity index (χ2v) is 6.24. The Hall–Kier alpha value is -2.69. The van der Waals surface area contributed by atoms with Gasteiger partial charge in [0.15, 0.2) is 0 Å². The van der Waals surface area contributed by atoms with Crippen molar-refractivity contribution >= 4 is 29.8 Å². The van der Waals surface area contributed by atoms with Crippen molar-refractivity contribution in [2.45, 2.75) is 38.8 Å². The van der Waals surface area contributed by atoms with Gasteiger partial charge in [0, 0.05) is 13.1 Å². The summed E-state index contributed by atoms with van der Waals surface area (Å²) in [5.74, 6) is -4.85. The molecule has 1 amide bonds. The first-order chi connectivity index (χ1) is 11.9. The SMILES string of the molecule is COC(=O)C[C@@H]1NCCN(CC(=O)OC(C)(C)C)C1=O.O=C(O)C(=O)O. The number of piperazine rings is 1. The number of nitrogens with one attached hydrogen (secondary N) is 1. The molecular weight excluding hydrogens is 352 g/mol. The molecule has 1 aliphatic heterocycles. The molecule has 1 atom stereocenters. The zero-order valence-electron chi connectivity index (χ0n) is 15.1. The number of esters is 2. The lowest BCUT2D eigenvalue weighted by Gasteiger charge is -2.32. The summed E-state index contributed by atoms with van der Waals surface area (Å²) in [5, 5.41) is 17.7. The number of rotatable bonds is 4. The summed E-state index contributed by atoms with van der Waals surface area (Å²) in [5.41, 5.74) is -0.584. The molecule has 0 aromatic heterocycles. The van der Waals surface area contributed by atoms with Crippen molar-refractivity contribution in [1.82, 2.24) is 10.2 Å². The van der Waals surface area contributed by atoms with Crippen LogP contribution in [0.4, 0.5) is 0 Å². The number of hydrogen-bond donors (Lipinski definition) is 3. The van der Waals surface area contributed by atoms with E-state index >= 15 is 0 Å². The normalized spacial score (nSPS) is 16.8. The minimum absolute atomic E-state index is 0.0415. The van der Waals surface area contributed by atoms with Crippen LogP contribution in [0.3, 0.4) is 0 Å².